The van der Waals surface area contributed by atoms with E-state index in [1.165, 1.54) is 29.4 Å². The summed E-state index contributed by atoms with van der Waals surface area (Å²) in [6.07, 6.45) is 3.29. The van der Waals surface area contributed by atoms with Crippen LogP contribution in [0.4, 0.5) is 0 Å². The van der Waals surface area contributed by atoms with Gasteiger partial charge in [-0.15, -0.1) is 0 Å². The fraction of sp³-hybridized carbons (Fsp3) is 0.143. The number of methoxy groups -OCH3 is 1. The molecule has 3 N–H and O–H groups in total. The van der Waals surface area contributed by atoms with Crippen LogP contribution < -0.4 is 10.5 Å². The second-order valence-corrected chi connectivity index (χ2v) is 10.5. The number of hydrogen-bond acceptors (Lipinski definition) is 6. The first-order valence-electron chi connectivity index (χ1n) is 11.6. The molecule has 0 aliphatic heterocycles. The predicted octanol–water partition coefficient (Wildman–Crippen LogP) is 4.50. The standard InChI is InChI=1S/C28H25N3O5S/c1-36-22-9-12-26-24(16-22)21(8-13-27(32)33)17-31(26)37(34,35)23-10-6-19(7-11-23)28(29)20-5-4-18-3-2-14-30-25(18)15-20/h2-7,9-12,14-17,28H,8,13,29H2,1H3,(H,32,33). The van der Waals surface area contributed by atoms with Crippen LogP contribution in [-0.2, 0) is 21.2 Å². The van der Waals surface area contributed by atoms with E-state index in [2.05, 4.69) is 4.98 Å². The Labute approximate surface area is 214 Å². The lowest BCUT2D eigenvalue weighted by Crippen LogP contribution is -2.14. The first kappa shape index (κ1) is 24.5. The zero-order valence-electron chi connectivity index (χ0n) is 20.0. The van der Waals surface area contributed by atoms with Gasteiger partial charge >= 0.3 is 5.97 Å². The van der Waals surface area contributed by atoms with Crippen molar-refractivity contribution in [1.82, 2.24) is 8.96 Å². The van der Waals surface area contributed by atoms with E-state index in [1.807, 2.05) is 30.3 Å². The summed E-state index contributed by atoms with van der Waals surface area (Å²) >= 11 is 0. The predicted molar refractivity (Wildman–Crippen MR) is 141 cm³/mol. The Balaban J connectivity index is 1.49. The minimum atomic E-state index is -3.96. The number of aliphatic carboxylic acids is 1. The van der Waals surface area contributed by atoms with E-state index in [0.717, 1.165) is 22.0 Å². The summed E-state index contributed by atoms with van der Waals surface area (Å²) in [6.45, 7) is 0. The number of benzene rings is 3. The van der Waals surface area contributed by atoms with Crippen molar-refractivity contribution in [3.8, 4) is 5.75 Å². The highest BCUT2D eigenvalue weighted by Crippen LogP contribution is 2.31. The highest BCUT2D eigenvalue weighted by atomic mass is 32.2. The van der Waals surface area contributed by atoms with Crippen LogP contribution in [0.1, 0.15) is 29.2 Å². The Bertz CT molecular complexity index is 1730. The molecule has 9 heteroatoms. The van der Waals surface area contributed by atoms with Gasteiger partial charge in [0.05, 0.1) is 29.1 Å². The lowest BCUT2D eigenvalue weighted by Gasteiger charge is -2.14. The van der Waals surface area contributed by atoms with Crippen LogP contribution in [0.2, 0.25) is 0 Å². The third-order valence-corrected chi connectivity index (χ3v) is 8.14. The summed E-state index contributed by atoms with van der Waals surface area (Å²) < 4.78 is 33.7. The number of fused-ring (bicyclic) bond motifs is 2. The van der Waals surface area contributed by atoms with E-state index < -0.39 is 22.0 Å². The van der Waals surface area contributed by atoms with E-state index in [0.29, 0.717) is 22.2 Å². The molecular weight excluding hydrogens is 490 g/mol. The van der Waals surface area contributed by atoms with E-state index >= 15 is 0 Å². The summed E-state index contributed by atoms with van der Waals surface area (Å²) in [7, 11) is -2.44. The number of nitrogens with two attached hydrogens (primary N) is 1. The van der Waals surface area contributed by atoms with Crippen molar-refractivity contribution in [2.24, 2.45) is 5.73 Å². The molecule has 188 valence electrons. The fourth-order valence-electron chi connectivity index (χ4n) is 4.44. The number of ether oxygens (including phenoxy) is 1. The topological polar surface area (TPSA) is 125 Å². The van der Waals surface area contributed by atoms with Crippen LogP contribution in [0.25, 0.3) is 21.8 Å². The van der Waals surface area contributed by atoms with Gasteiger partial charge in [0.2, 0.25) is 0 Å². The largest absolute Gasteiger partial charge is 0.497 e. The molecule has 0 radical (unpaired) electrons. The summed E-state index contributed by atoms with van der Waals surface area (Å²) in [6, 6.07) is 20.8. The van der Waals surface area contributed by atoms with Gasteiger partial charge in [-0.3, -0.25) is 9.78 Å². The molecule has 0 bridgehead atoms. The average molecular weight is 516 g/mol. The minimum absolute atomic E-state index is 0.0983. The van der Waals surface area contributed by atoms with Crippen LogP contribution >= 0.6 is 0 Å². The highest BCUT2D eigenvalue weighted by molar-refractivity contribution is 7.90. The number of aryl methyl sites for hydroxylation is 1. The molecule has 0 spiro atoms. The Morgan fingerprint density at radius 3 is 2.54 bits per heavy atom. The molecule has 0 aliphatic rings. The Kier molecular flexibility index (Phi) is 6.41. The van der Waals surface area contributed by atoms with Crippen LogP contribution in [-0.4, -0.2) is 35.6 Å². The van der Waals surface area contributed by atoms with Crippen molar-refractivity contribution in [2.45, 2.75) is 23.8 Å². The monoisotopic (exact) mass is 515 g/mol. The van der Waals surface area contributed by atoms with Gasteiger partial charge in [0, 0.05) is 29.6 Å². The van der Waals surface area contributed by atoms with Gasteiger partial charge in [0.25, 0.3) is 10.0 Å². The molecule has 8 nitrogen and oxygen atoms in total. The van der Waals surface area contributed by atoms with Crippen LogP contribution in [0, 0.1) is 0 Å². The van der Waals surface area contributed by atoms with Gasteiger partial charge in [-0.1, -0.05) is 30.3 Å². The summed E-state index contributed by atoms with van der Waals surface area (Å²) in [5.74, 6) is -0.401. The quantitative estimate of drug-likeness (QED) is 0.312. The lowest BCUT2D eigenvalue weighted by molar-refractivity contribution is -0.136. The average Bonchev–Trinajstić information content (AvgIpc) is 3.30. The highest BCUT2D eigenvalue weighted by Gasteiger charge is 2.22. The van der Waals surface area contributed by atoms with Crippen molar-refractivity contribution < 1.29 is 23.1 Å². The second kappa shape index (κ2) is 9.68. The number of rotatable bonds is 8. The Morgan fingerprint density at radius 2 is 1.81 bits per heavy atom. The molecule has 0 aliphatic carbocycles. The number of aromatic nitrogens is 2. The summed E-state index contributed by atoms with van der Waals surface area (Å²) in [4.78, 5) is 15.6. The number of carbonyl (C=O) groups is 1. The van der Waals surface area contributed by atoms with Gasteiger partial charge in [0.1, 0.15) is 5.75 Å². The van der Waals surface area contributed by atoms with Crippen molar-refractivity contribution >= 4 is 37.8 Å². The van der Waals surface area contributed by atoms with Gasteiger partial charge < -0.3 is 15.6 Å². The Morgan fingerprint density at radius 1 is 1.05 bits per heavy atom. The molecule has 2 aromatic heterocycles. The van der Waals surface area contributed by atoms with Crippen molar-refractivity contribution in [1.29, 1.82) is 0 Å². The van der Waals surface area contributed by atoms with Gasteiger partial charge in [-0.05, 0) is 65.6 Å². The van der Waals surface area contributed by atoms with Crippen LogP contribution in [0.5, 0.6) is 5.75 Å². The molecule has 37 heavy (non-hydrogen) atoms. The summed E-state index contributed by atoms with van der Waals surface area (Å²) in [5, 5.41) is 10.8. The van der Waals surface area contributed by atoms with Gasteiger partial charge in [0.15, 0.2) is 0 Å². The first-order valence-corrected chi connectivity index (χ1v) is 13.1. The fourth-order valence-corrected chi connectivity index (χ4v) is 5.83. The molecule has 5 aromatic rings. The van der Waals surface area contributed by atoms with E-state index in [9.17, 15) is 13.2 Å². The zero-order valence-corrected chi connectivity index (χ0v) is 20.9. The first-order chi connectivity index (χ1) is 17.8. The maximum atomic E-state index is 13.6. The molecule has 5 rings (SSSR count). The molecule has 3 aromatic carbocycles. The number of hydrogen-bond donors (Lipinski definition) is 2. The molecule has 1 atom stereocenters. The molecule has 2 heterocycles. The molecule has 0 saturated carbocycles. The SMILES string of the molecule is COc1ccc2c(c1)c(CCC(=O)O)cn2S(=O)(=O)c1ccc(C(N)c2ccc3cccnc3c2)cc1. The normalized spacial score (nSPS) is 12.6. The molecule has 0 amide bonds. The van der Waals surface area contributed by atoms with Gasteiger partial charge in [-0.25, -0.2) is 12.4 Å². The van der Waals surface area contributed by atoms with E-state index in [-0.39, 0.29) is 17.7 Å². The Hall–Kier alpha value is -4.21. The zero-order chi connectivity index (χ0) is 26.2. The number of carboxylic acid groups (broad SMARTS) is 1. The van der Waals surface area contributed by atoms with E-state index in [1.54, 1.807) is 36.5 Å². The number of nitrogens with zero attached hydrogens (tertiary/aromatic N) is 2. The number of carboxylic acids is 1. The van der Waals surface area contributed by atoms with Gasteiger partial charge in [-0.2, -0.15) is 0 Å². The maximum Gasteiger partial charge on any atom is 0.303 e. The second-order valence-electron chi connectivity index (χ2n) is 8.73. The van der Waals surface area contributed by atoms with E-state index in [4.69, 9.17) is 15.6 Å². The smallest absolute Gasteiger partial charge is 0.303 e. The van der Waals surface area contributed by atoms with Crippen molar-refractivity contribution in [3.05, 3.63) is 102 Å². The molecular formula is C28H25N3O5S. The van der Waals surface area contributed by atoms with Crippen LogP contribution in [0.3, 0.4) is 0 Å². The molecule has 1 unspecified atom stereocenters. The molecule has 0 fully saturated rings. The van der Waals surface area contributed by atoms with Crippen LogP contribution in [0.15, 0.2) is 90.1 Å². The molecule has 0 saturated heterocycles. The van der Waals surface area contributed by atoms with Crippen molar-refractivity contribution in [2.75, 3.05) is 7.11 Å². The maximum absolute atomic E-state index is 13.6. The lowest BCUT2D eigenvalue weighted by atomic mass is 9.98. The van der Waals surface area contributed by atoms with Crippen molar-refractivity contribution in [3.63, 3.8) is 0 Å². The number of pyridine rings is 1. The minimum Gasteiger partial charge on any atom is -0.497 e. The third-order valence-electron chi connectivity index (χ3n) is 6.45. The third kappa shape index (κ3) is 4.66. The summed E-state index contributed by atoms with van der Waals surface area (Å²) in [5.41, 5.74) is 10.0.